The highest BCUT2D eigenvalue weighted by Crippen LogP contribution is 2.34. The van der Waals surface area contributed by atoms with Crippen LogP contribution in [0.15, 0.2) is 41.5 Å². The topological polar surface area (TPSA) is 111 Å². The molecule has 0 bridgehead atoms. The van der Waals surface area contributed by atoms with E-state index >= 15 is 0 Å². The van der Waals surface area contributed by atoms with Crippen molar-refractivity contribution in [3.8, 4) is 0 Å². The maximum Gasteiger partial charge on any atom is 0.242 e. The average molecular weight is 510 g/mol. The molecule has 9 heteroatoms. The fourth-order valence-electron chi connectivity index (χ4n) is 5.47. The lowest BCUT2D eigenvalue weighted by Gasteiger charge is -2.37. The molecule has 3 fully saturated rings. The summed E-state index contributed by atoms with van der Waals surface area (Å²) in [7, 11) is 1.74. The van der Waals surface area contributed by atoms with Crippen LogP contribution in [-0.2, 0) is 16.0 Å². The number of rotatable bonds is 9. The Bertz CT molecular complexity index is 996. The number of amides is 2. The Kier molecular flexibility index (Phi) is 8.67. The molecular weight excluding hydrogens is 466 g/mol. The van der Waals surface area contributed by atoms with Gasteiger partial charge in [0.15, 0.2) is 0 Å². The first-order valence-corrected chi connectivity index (χ1v) is 13.5. The van der Waals surface area contributed by atoms with Crippen LogP contribution in [0.2, 0.25) is 0 Å². The van der Waals surface area contributed by atoms with Gasteiger partial charge in [0.25, 0.3) is 0 Å². The number of amidine groups is 1. The number of hydrogen-bond acceptors (Lipinski definition) is 6. The quantitative estimate of drug-likeness (QED) is 0.295. The minimum absolute atomic E-state index is 0.0670. The van der Waals surface area contributed by atoms with Crippen LogP contribution in [0.3, 0.4) is 0 Å². The second-order valence-electron chi connectivity index (χ2n) is 11.0. The van der Waals surface area contributed by atoms with Crippen molar-refractivity contribution >= 4 is 23.8 Å². The minimum atomic E-state index is -0.623. The highest BCUT2D eigenvalue weighted by atomic mass is 16.2. The predicted octanol–water partition coefficient (Wildman–Crippen LogP) is 1.28. The molecule has 0 spiro atoms. The van der Waals surface area contributed by atoms with Crippen molar-refractivity contribution in [2.24, 2.45) is 28.3 Å². The standard InChI is InChI=1S/C28H43N7O2/c1-21-18-35(19-24(21)17-29)22(2)16-23-4-6-25(7-5-23)34(20-36)11-8-26(31-3)32-12-14-33(15-13-32)27(37)28(30)9-10-28/h4-8,11,20-22,24H,9-10,12-19,29-30H2,1-3H3/b11-8-,31-26?/t21?,22?,24-/m1/s1. The second kappa shape index (κ2) is 11.8. The Balaban J connectivity index is 1.31. The fraction of sp³-hybridized carbons (Fsp3) is 0.607. The lowest BCUT2D eigenvalue weighted by atomic mass is 9.99. The van der Waals surface area contributed by atoms with E-state index in [1.807, 2.05) is 23.1 Å². The molecule has 0 aromatic heterocycles. The molecule has 202 valence electrons. The average Bonchev–Trinajstić information content (AvgIpc) is 3.55. The number of nitrogens with two attached hydrogens (primary N) is 2. The normalized spacial score (nSPS) is 24.9. The van der Waals surface area contributed by atoms with Crippen LogP contribution in [0.4, 0.5) is 5.69 Å². The van der Waals surface area contributed by atoms with E-state index in [0.29, 0.717) is 44.1 Å². The summed E-state index contributed by atoms with van der Waals surface area (Å²) in [5.74, 6) is 2.08. The van der Waals surface area contributed by atoms with E-state index in [2.05, 4.69) is 40.8 Å². The second-order valence-corrected chi connectivity index (χ2v) is 11.0. The van der Waals surface area contributed by atoms with Gasteiger partial charge in [-0.1, -0.05) is 19.1 Å². The number of hydrogen-bond donors (Lipinski definition) is 2. The third-order valence-electron chi connectivity index (χ3n) is 8.32. The number of carbonyl (C=O) groups excluding carboxylic acids is 2. The van der Waals surface area contributed by atoms with Gasteiger partial charge in [0.05, 0.1) is 5.54 Å². The molecule has 4 rings (SSSR count). The van der Waals surface area contributed by atoms with Crippen molar-refractivity contribution in [2.45, 2.75) is 44.7 Å². The number of benzene rings is 1. The molecule has 2 amide bonds. The van der Waals surface area contributed by atoms with Crippen LogP contribution >= 0.6 is 0 Å². The van der Waals surface area contributed by atoms with Crippen molar-refractivity contribution in [1.82, 2.24) is 14.7 Å². The summed E-state index contributed by atoms with van der Waals surface area (Å²) in [6.07, 6.45) is 6.95. The smallest absolute Gasteiger partial charge is 0.242 e. The van der Waals surface area contributed by atoms with Crippen molar-refractivity contribution < 1.29 is 9.59 Å². The molecule has 2 aliphatic heterocycles. The van der Waals surface area contributed by atoms with E-state index in [0.717, 1.165) is 56.8 Å². The zero-order valence-corrected chi connectivity index (χ0v) is 22.6. The molecule has 1 aliphatic carbocycles. The molecule has 3 aliphatic rings. The maximum absolute atomic E-state index is 12.5. The van der Waals surface area contributed by atoms with Crippen LogP contribution in [0, 0.1) is 11.8 Å². The summed E-state index contributed by atoms with van der Waals surface area (Å²) < 4.78 is 0. The first kappa shape index (κ1) is 27.3. The van der Waals surface area contributed by atoms with Crippen molar-refractivity contribution in [3.63, 3.8) is 0 Å². The Labute approximate surface area is 221 Å². The Morgan fingerprint density at radius 1 is 1.16 bits per heavy atom. The number of likely N-dealkylation sites (tertiary alicyclic amines) is 1. The van der Waals surface area contributed by atoms with E-state index in [-0.39, 0.29) is 5.91 Å². The fourth-order valence-corrected chi connectivity index (χ4v) is 5.47. The number of aliphatic imine (C=N–C) groups is 1. The molecule has 1 aromatic rings. The first-order valence-electron chi connectivity index (χ1n) is 13.5. The predicted molar refractivity (Wildman–Crippen MR) is 148 cm³/mol. The van der Waals surface area contributed by atoms with Crippen LogP contribution < -0.4 is 16.4 Å². The molecule has 0 radical (unpaired) electrons. The van der Waals surface area contributed by atoms with Crippen LogP contribution in [0.1, 0.15) is 32.3 Å². The lowest BCUT2D eigenvalue weighted by Crippen LogP contribution is -2.55. The van der Waals surface area contributed by atoms with E-state index < -0.39 is 5.54 Å². The van der Waals surface area contributed by atoms with E-state index in [1.54, 1.807) is 18.1 Å². The van der Waals surface area contributed by atoms with Gasteiger partial charge in [-0.3, -0.25) is 24.4 Å². The molecule has 37 heavy (non-hydrogen) atoms. The number of anilines is 1. The molecule has 4 N–H and O–H groups in total. The zero-order chi connectivity index (χ0) is 26.6. The van der Waals surface area contributed by atoms with Gasteiger partial charge in [-0.2, -0.15) is 0 Å². The Hall–Kier alpha value is -2.75. The third kappa shape index (κ3) is 6.40. The van der Waals surface area contributed by atoms with Crippen molar-refractivity contribution in [2.75, 3.05) is 57.8 Å². The number of carbonyl (C=O) groups is 2. The monoisotopic (exact) mass is 509 g/mol. The molecule has 2 saturated heterocycles. The SMILES string of the molecule is CN=C(/C=C\N(C=O)c1ccc(CC(C)N2CC(C)[C@H](CN)C2)cc1)N1CCN(C(=O)C2(N)CC2)CC1. The van der Waals surface area contributed by atoms with E-state index in [4.69, 9.17) is 11.5 Å². The van der Waals surface area contributed by atoms with Crippen LogP contribution in [0.25, 0.3) is 0 Å². The molecular formula is C28H43N7O2. The third-order valence-corrected chi connectivity index (χ3v) is 8.32. The highest BCUT2D eigenvalue weighted by Gasteiger charge is 2.48. The minimum Gasteiger partial charge on any atom is -0.353 e. The summed E-state index contributed by atoms with van der Waals surface area (Å²) in [5.41, 5.74) is 13.5. The lowest BCUT2D eigenvalue weighted by molar-refractivity contribution is -0.134. The molecule has 2 unspecified atom stereocenters. The van der Waals surface area contributed by atoms with Crippen LogP contribution in [0.5, 0.6) is 0 Å². The highest BCUT2D eigenvalue weighted by molar-refractivity contribution is 5.95. The summed E-state index contributed by atoms with van der Waals surface area (Å²) in [4.78, 5) is 36.9. The molecule has 2 heterocycles. The van der Waals surface area contributed by atoms with Gasteiger partial charge in [-0.15, -0.1) is 0 Å². The van der Waals surface area contributed by atoms with Gasteiger partial charge in [0.2, 0.25) is 12.3 Å². The molecule has 9 nitrogen and oxygen atoms in total. The van der Waals surface area contributed by atoms with Crippen molar-refractivity contribution in [3.05, 3.63) is 42.1 Å². The van der Waals surface area contributed by atoms with Crippen LogP contribution in [-0.4, -0.2) is 97.3 Å². The van der Waals surface area contributed by atoms with E-state index in [1.165, 1.54) is 5.56 Å². The maximum atomic E-state index is 12.5. The summed E-state index contributed by atoms with van der Waals surface area (Å²) in [6.45, 7) is 10.1. The van der Waals surface area contributed by atoms with Gasteiger partial charge < -0.3 is 21.3 Å². The van der Waals surface area contributed by atoms with Gasteiger partial charge in [0.1, 0.15) is 5.84 Å². The largest absolute Gasteiger partial charge is 0.353 e. The summed E-state index contributed by atoms with van der Waals surface area (Å²) in [5, 5.41) is 0. The summed E-state index contributed by atoms with van der Waals surface area (Å²) in [6, 6.07) is 8.63. The summed E-state index contributed by atoms with van der Waals surface area (Å²) >= 11 is 0. The van der Waals surface area contributed by atoms with Crippen molar-refractivity contribution in [1.29, 1.82) is 0 Å². The van der Waals surface area contributed by atoms with E-state index in [9.17, 15) is 9.59 Å². The number of piperazine rings is 1. The van der Waals surface area contributed by atoms with Gasteiger partial charge in [-0.25, -0.2) is 0 Å². The number of nitrogens with zero attached hydrogens (tertiary/aromatic N) is 5. The van der Waals surface area contributed by atoms with Gasteiger partial charge in [-0.05, 0) is 68.3 Å². The molecule has 3 atom stereocenters. The zero-order valence-electron chi connectivity index (χ0n) is 22.6. The first-order chi connectivity index (χ1) is 17.8. The molecule has 1 aromatic carbocycles. The molecule has 1 saturated carbocycles. The van der Waals surface area contributed by atoms with Gasteiger partial charge >= 0.3 is 0 Å². The van der Waals surface area contributed by atoms with Gasteiger partial charge in [0, 0.05) is 64.2 Å². The Morgan fingerprint density at radius 2 is 1.81 bits per heavy atom. The Morgan fingerprint density at radius 3 is 2.35 bits per heavy atom.